The van der Waals surface area contributed by atoms with E-state index in [1.807, 2.05) is 13.8 Å². The Balaban J connectivity index is 1.55. The predicted octanol–water partition coefficient (Wildman–Crippen LogP) is 2.85. The number of hydrogen-bond donors (Lipinski definition) is 3. The topological polar surface area (TPSA) is 79.2 Å². The van der Waals surface area contributed by atoms with Crippen molar-refractivity contribution in [2.45, 2.75) is 96.2 Å². The average Bonchev–Trinajstić information content (AvgIpc) is 2.96. The van der Waals surface area contributed by atoms with E-state index in [0.29, 0.717) is 18.9 Å². The van der Waals surface area contributed by atoms with Crippen LogP contribution < -0.4 is 0 Å². The Kier molecular flexibility index (Phi) is 4.04. The summed E-state index contributed by atoms with van der Waals surface area (Å²) in [6.07, 6.45) is 6.21. The summed E-state index contributed by atoms with van der Waals surface area (Å²) in [5, 5.41) is 32.3. The lowest BCUT2D eigenvalue weighted by atomic mass is 9.38. The molecule has 1 saturated heterocycles. The van der Waals surface area contributed by atoms with Crippen LogP contribution in [-0.2, 0) is 9.47 Å². The Morgan fingerprint density at radius 2 is 1.75 bits per heavy atom. The van der Waals surface area contributed by atoms with E-state index in [1.165, 1.54) is 0 Å². The van der Waals surface area contributed by atoms with Crippen molar-refractivity contribution in [3.63, 3.8) is 0 Å². The van der Waals surface area contributed by atoms with Crippen LogP contribution in [0.1, 0.15) is 72.6 Å². The first-order valence-electron chi connectivity index (χ1n) is 11.3. The lowest BCUT2D eigenvalue weighted by Crippen LogP contribution is -2.69. The van der Waals surface area contributed by atoms with Gasteiger partial charge < -0.3 is 24.8 Å². The van der Waals surface area contributed by atoms with Gasteiger partial charge in [0.05, 0.1) is 31.0 Å². The molecule has 5 heteroatoms. The summed E-state index contributed by atoms with van der Waals surface area (Å²) < 4.78 is 12.5. The smallest absolute Gasteiger partial charge is 0.163 e. The third kappa shape index (κ3) is 2.26. The second-order valence-electron chi connectivity index (χ2n) is 11.8. The van der Waals surface area contributed by atoms with Crippen molar-refractivity contribution in [1.29, 1.82) is 0 Å². The van der Waals surface area contributed by atoms with E-state index in [9.17, 15) is 15.3 Å². The summed E-state index contributed by atoms with van der Waals surface area (Å²) in [6, 6.07) is 0. The number of ether oxygens (including phenoxy) is 2. The third-order valence-electron chi connectivity index (χ3n) is 10.3. The minimum absolute atomic E-state index is 0.0142. The molecule has 0 aromatic rings. The standard InChI is InChI=1S/C23H38O5/c1-19(2)27-13-20(3)17(28-19)5-6-21(4)18(20)16(25)10-14-9-15-11-22(14,21)7-8-23(15,26)12-24/h14-18,24-26H,5-13H2,1-4H3. The van der Waals surface area contributed by atoms with Gasteiger partial charge in [-0.25, -0.2) is 0 Å². The normalized spacial score (nSPS) is 59.9. The lowest BCUT2D eigenvalue weighted by Gasteiger charge is -2.69. The number of aliphatic hydroxyl groups excluding tert-OH is 2. The molecular weight excluding hydrogens is 356 g/mol. The minimum atomic E-state index is -0.929. The molecule has 1 spiro atoms. The average molecular weight is 395 g/mol. The van der Waals surface area contributed by atoms with Crippen LogP contribution in [0.15, 0.2) is 0 Å². The Morgan fingerprint density at radius 1 is 1.00 bits per heavy atom. The largest absolute Gasteiger partial charge is 0.393 e. The fourth-order valence-electron chi connectivity index (χ4n) is 8.91. The van der Waals surface area contributed by atoms with Gasteiger partial charge in [0.2, 0.25) is 0 Å². The maximum atomic E-state index is 11.4. The first-order valence-corrected chi connectivity index (χ1v) is 11.3. The molecular formula is C23H38O5. The second-order valence-corrected chi connectivity index (χ2v) is 11.8. The molecule has 1 aliphatic heterocycles. The van der Waals surface area contributed by atoms with Gasteiger partial charge in [-0.15, -0.1) is 0 Å². The Morgan fingerprint density at radius 3 is 2.46 bits per heavy atom. The monoisotopic (exact) mass is 394 g/mol. The van der Waals surface area contributed by atoms with Crippen LogP contribution in [0.2, 0.25) is 0 Å². The van der Waals surface area contributed by atoms with Crippen LogP contribution in [0.5, 0.6) is 0 Å². The van der Waals surface area contributed by atoms with E-state index < -0.39 is 11.4 Å². The molecule has 1 heterocycles. The van der Waals surface area contributed by atoms with E-state index in [-0.39, 0.29) is 46.9 Å². The highest BCUT2D eigenvalue weighted by Crippen LogP contribution is 2.75. The minimum Gasteiger partial charge on any atom is -0.393 e. The van der Waals surface area contributed by atoms with Crippen LogP contribution in [0, 0.1) is 34.0 Å². The van der Waals surface area contributed by atoms with Crippen LogP contribution in [0.25, 0.3) is 0 Å². The van der Waals surface area contributed by atoms with E-state index >= 15 is 0 Å². The van der Waals surface area contributed by atoms with Crippen LogP contribution in [0.3, 0.4) is 0 Å². The van der Waals surface area contributed by atoms with Gasteiger partial charge in [0.15, 0.2) is 5.79 Å². The molecule has 5 rings (SSSR count). The zero-order valence-electron chi connectivity index (χ0n) is 17.9. The lowest BCUT2D eigenvalue weighted by molar-refractivity contribution is -0.361. The molecule has 9 unspecified atom stereocenters. The molecule has 2 bridgehead atoms. The summed E-state index contributed by atoms with van der Waals surface area (Å²) in [7, 11) is 0. The molecule has 9 atom stereocenters. The van der Waals surface area contributed by atoms with Crippen molar-refractivity contribution in [1.82, 2.24) is 0 Å². The van der Waals surface area contributed by atoms with Gasteiger partial charge in [0.1, 0.15) is 0 Å². The van der Waals surface area contributed by atoms with Crippen molar-refractivity contribution in [3.05, 3.63) is 0 Å². The third-order valence-corrected chi connectivity index (χ3v) is 10.3. The molecule has 0 aromatic carbocycles. The highest BCUT2D eigenvalue weighted by atomic mass is 16.7. The maximum absolute atomic E-state index is 11.4. The van der Waals surface area contributed by atoms with E-state index in [0.717, 1.165) is 38.5 Å². The van der Waals surface area contributed by atoms with Crippen LogP contribution >= 0.6 is 0 Å². The Labute approximate surface area is 168 Å². The summed E-state index contributed by atoms with van der Waals surface area (Å²) in [4.78, 5) is 0. The maximum Gasteiger partial charge on any atom is 0.163 e. The summed E-state index contributed by atoms with van der Waals surface area (Å²) in [5.41, 5.74) is -0.948. The first-order chi connectivity index (χ1) is 13.0. The van der Waals surface area contributed by atoms with Crippen molar-refractivity contribution < 1.29 is 24.8 Å². The number of fused-ring (bicyclic) bond motifs is 4. The molecule has 4 saturated carbocycles. The zero-order valence-corrected chi connectivity index (χ0v) is 17.9. The number of hydrogen-bond acceptors (Lipinski definition) is 5. The summed E-state index contributed by atoms with van der Waals surface area (Å²) >= 11 is 0. The van der Waals surface area contributed by atoms with Gasteiger partial charge in [-0.1, -0.05) is 13.8 Å². The van der Waals surface area contributed by atoms with E-state index in [2.05, 4.69) is 13.8 Å². The Hall–Kier alpha value is -0.200. The van der Waals surface area contributed by atoms with Crippen molar-refractivity contribution in [2.75, 3.05) is 13.2 Å². The summed E-state index contributed by atoms with van der Waals surface area (Å²) in [5.74, 6) is 0.183. The molecule has 160 valence electrons. The van der Waals surface area contributed by atoms with Crippen molar-refractivity contribution in [2.24, 2.45) is 34.0 Å². The molecule has 0 amide bonds. The van der Waals surface area contributed by atoms with E-state index in [1.54, 1.807) is 0 Å². The zero-order chi connectivity index (χ0) is 20.2. The van der Waals surface area contributed by atoms with E-state index in [4.69, 9.17) is 9.47 Å². The van der Waals surface area contributed by atoms with Crippen LogP contribution in [-0.4, -0.2) is 52.1 Å². The fraction of sp³-hybridized carbons (Fsp3) is 1.00. The SMILES string of the molecule is CC1(C)OCC2(C)C(CCC3(C)C2C(O)CC2CC4CC23CCC4(O)CO)O1. The quantitative estimate of drug-likeness (QED) is 0.637. The molecule has 5 aliphatic rings. The predicted molar refractivity (Wildman–Crippen MR) is 104 cm³/mol. The van der Waals surface area contributed by atoms with Gasteiger partial charge in [-0.2, -0.15) is 0 Å². The second kappa shape index (κ2) is 5.73. The van der Waals surface area contributed by atoms with Gasteiger partial charge in [-0.05, 0) is 81.5 Å². The Bertz CT molecular complexity index is 665. The fourth-order valence-corrected chi connectivity index (χ4v) is 8.91. The molecule has 0 radical (unpaired) electrons. The number of aliphatic hydroxyl groups is 3. The van der Waals surface area contributed by atoms with Crippen molar-refractivity contribution >= 4 is 0 Å². The van der Waals surface area contributed by atoms with Crippen molar-refractivity contribution in [3.8, 4) is 0 Å². The first kappa shape index (κ1) is 19.7. The van der Waals surface area contributed by atoms with Gasteiger partial charge in [0.25, 0.3) is 0 Å². The van der Waals surface area contributed by atoms with Crippen LogP contribution in [0.4, 0.5) is 0 Å². The molecule has 28 heavy (non-hydrogen) atoms. The molecule has 5 nitrogen and oxygen atoms in total. The molecule has 3 N–H and O–H groups in total. The molecule has 5 fully saturated rings. The molecule has 0 aromatic heterocycles. The highest BCUT2D eigenvalue weighted by molar-refractivity contribution is 5.21. The van der Waals surface area contributed by atoms with Gasteiger partial charge in [-0.3, -0.25) is 0 Å². The molecule has 4 aliphatic carbocycles. The number of rotatable bonds is 1. The highest BCUT2D eigenvalue weighted by Gasteiger charge is 2.73. The summed E-state index contributed by atoms with van der Waals surface area (Å²) in [6.45, 7) is 9.16. The van der Waals surface area contributed by atoms with Gasteiger partial charge >= 0.3 is 0 Å². The van der Waals surface area contributed by atoms with Gasteiger partial charge in [0, 0.05) is 11.3 Å².